The van der Waals surface area contributed by atoms with Crippen molar-refractivity contribution in [2.75, 3.05) is 0 Å². The van der Waals surface area contributed by atoms with Crippen molar-refractivity contribution in [1.29, 1.82) is 0 Å². The molecule has 0 heterocycles. The molecule has 0 bridgehead atoms. The van der Waals surface area contributed by atoms with Gasteiger partial charge in [0.2, 0.25) is 0 Å². The third kappa shape index (κ3) is 4.03. The first-order valence-electron chi connectivity index (χ1n) is 11.4. The highest BCUT2D eigenvalue weighted by Gasteiger charge is 2.41. The van der Waals surface area contributed by atoms with Gasteiger partial charge in [0.25, 0.3) is 0 Å². The Balaban J connectivity index is 2.04. The van der Waals surface area contributed by atoms with Gasteiger partial charge in [0.05, 0.1) is 0 Å². The summed E-state index contributed by atoms with van der Waals surface area (Å²) in [6.07, 6.45) is 0. The first kappa shape index (κ1) is 21.3. The van der Waals surface area contributed by atoms with Crippen molar-refractivity contribution in [2.45, 2.75) is 39.5 Å². The summed E-state index contributed by atoms with van der Waals surface area (Å²) in [4.78, 5) is 0. The van der Waals surface area contributed by atoms with Crippen LogP contribution in [0.4, 0.5) is 0 Å². The van der Waals surface area contributed by atoms with E-state index >= 15 is 0 Å². The fraction of sp³-hybridized carbons (Fsp3) is 0.200. The van der Waals surface area contributed by atoms with Crippen LogP contribution in [0.15, 0.2) is 109 Å². The number of hydrogen-bond acceptors (Lipinski definition) is 0. The molecule has 4 aromatic rings. The summed E-state index contributed by atoms with van der Waals surface area (Å²) in [6, 6.07) is 41.2. The lowest BCUT2D eigenvalue weighted by molar-refractivity contribution is 0.867. The standard InChI is InChI=1S/C30H32Si/c1-23(2)25-15-19-29(20-16-25)31(27-11-7-5-8-12-27,28-13-9-6-10-14-28)30-21-17-26(18-22-30)24(3)4/h5-24H,1-4H3. The van der Waals surface area contributed by atoms with Crippen LogP contribution >= 0.6 is 0 Å². The third-order valence-electron chi connectivity index (χ3n) is 6.43. The highest BCUT2D eigenvalue weighted by atomic mass is 28.3. The Labute approximate surface area is 188 Å². The van der Waals surface area contributed by atoms with Crippen molar-refractivity contribution >= 4 is 28.8 Å². The average molecular weight is 421 g/mol. The molecule has 0 atom stereocenters. The second-order valence-corrected chi connectivity index (χ2v) is 12.8. The van der Waals surface area contributed by atoms with Gasteiger partial charge in [-0.15, -0.1) is 0 Å². The Morgan fingerprint density at radius 1 is 0.387 bits per heavy atom. The van der Waals surface area contributed by atoms with E-state index in [4.69, 9.17) is 0 Å². The first-order valence-corrected chi connectivity index (χ1v) is 13.4. The largest absolute Gasteiger partial charge is 0.179 e. The Hall–Kier alpha value is -2.90. The van der Waals surface area contributed by atoms with Crippen LogP contribution in [0.1, 0.15) is 50.7 Å². The summed E-state index contributed by atoms with van der Waals surface area (Å²) in [7, 11) is -2.42. The Kier molecular flexibility index (Phi) is 6.24. The number of hydrogen-bond donors (Lipinski definition) is 0. The van der Waals surface area contributed by atoms with E-state index in [1.807, 2.05) is 0 Å². The van der Waals surface area contributed by atoms with Gasteiger partial charge >= 0.3 is 0 Å². The van der Waals surface area contributed by atoms with Gasteiger partial charge in [0.1, 0.15) is 0 Å². The first-order chi connectivity index (χ1) is 15.0. The molecule has 4 aromatic carbocycles. The SMILES string of the molecule is CC(C)c1ccc([Si](c2ccccc2)(c2ccccc2)c2ccc(C(C)C)cc2)cc1. The topological polar surface area (TPSA) is 0 Å². The molecule has 0 radical (unpaired) electrons. The molecule has 0 N–H and O–H groups in total. The monoisotopic (exact) mass is 420 g/mol. The summed E-state index contributed by atoms with van der Waals surface area (Å²) >= 11 is 0. The minimum absolute atomic E-state index is 0.531. The lowest BCUT2D eigenvalue weighted by Gasteiger charge is -2.34. The fourth-order valence-electron chi connectivity index (χ4n) is 4.61. The van der Waals surface area contributed by atoms with Crippen LogP contribution < -0.4 is 20.7 Å². The quantitative estimate of drug-likeness (QED) is 0.293. The molecular formula is C30H32Si. The zero-order valence-electron chi connectivity index (χ0n) is 19.0. The third-order valence-corrected chi connectivity index (χ3v) is 11.2. The molecule has 0 aliphatic carbocycles. The Morgan fingerprint density at radius 3 is 0.968 bits per heavy atom. The summed E-state index contributed by atoms with van der Waals surface area (Å²) in [5, 5.41) is 5.73. The van der Waals surface area contributed by atoms with Crippen molar-refractivity contribution in [1.82, 2.24) is 0 Å². The molecule has 1 heteroatoms. The van der Waals surface area contributed by atoms with Gasteiger partial charge in [-0.25, -0.2) is 0 Å². The zero-order chi connectivity index (χ0) is 21.8. The summed E-state index contributed by atoms with van der Waals surface area (Å²) in [5.74, 6) is 1.06. The Bertz CT molecular complexity index is 1000. The maximum Gasteiger partial charge on any atom is 0.179 e. The van der Waals surface area contributed by atoms with Gasteiger partial charge in [-0.1, -0.05) is 137 Å². The van der Waals surface area contributed by atoms with Gasteiger partial charge in [0.15, 0.2) is 8.07 Å². The van der Waals surface area contributed by atoms with Gasteiger partial charge < -0.3 is 0 Å². The lowest BCUT2D eigenvalue weighted by Crippen LogP contribution is -2.74. The molecule has 0 saturated heterocycles. The maximum atomic E-state index is 2.39. The Morgan fingerprint density at radius 2 is 0.677 bits per heavy atom. The number of rotatable bonds is 6. The molecular weight excluding hydrogens is 388 g/mol. The minimum Gasteiger partial charge on any atom is -0.0623 e. The molecule has 0 aromatic heterocycles. The van der Waals surface area contributed by atoms with E-state index in [9.17, 15) is 0 Å². The zero-order valence-corrected chi connectivity index (χ0v) is 20.0. The summed E-state index contributed by atoms with van der Waals surface area (Å²) in [6.45, 7) is 9.05. The van der Waals surface area contributed by atoms with Crippen molar-refractivity contribution in [3.63, 3.8) is 0 Å². The number of benzene rings is 4. The molecule has 0 fully saturated rings. The van der Waals surface area contributed by atoms with Crippen molar-refractivity contribution < 1.29 is 0 Å². The van der Waals surface area contributed by atoms with Crippen LogP contribution in [0.5, 0.6) is 0 Å². The molecule has 0 nitrogen and oxygen atoms in total. The van der Waals surface area contributed by atoms with Gasteiger partial charge in [-0.2, -0.15) is 0 Å². The van der Waals surface area contributed by atoms with Gasteiger partial charge in [-0.3, -0.25) is 0 Å². The van der Waals surface area contributed by atoms with Gasteiger partial charge in [-0.05, 0) is 43.7 Å². The van der Waals surface area contributed by atoms with Crippen LogP contribution in [-0.4, -0.2) is 8.07 Å². The van der Waals surface area contributed by atoms with Crippen molar-refractivity contribution in [3.8, 4) is 0 Å². The predicted molar refractivity (Wildman–Crippen MR) is 138 cm³/mol. The molecule has 0 aliphatic heterocycles. The van der Waals surface area contributed by atoms with E-state index in [0.29, 0.717) is 11.8 Å². The van der Waals surface area contributed by atoms with Crippen molar-refractivity contribution in [3.05, 3.63) is 120 Å². The fourth-order valence-corrected chi connectivity index (χ4v) is 9.33. The minimum atomic E-state index is -2.42. The van der Waals surface area contributed by atoms with E-state index in [-0.39, 0.29) is 0 Å². The lowest BCUT2D eigenvalue weighted by atomic mass is 10.0. The second-order valence-electron chi connectivity index (χ2n) is 9.04. The van der Waals surface area contributed by atoms with E-state index in [2.05, 4.69) is 137 Å². The maximum absolute atomic E-state index is 2.42. The second kappa shape index (κ2) is 9.07. The van der Waals surface area contributed by atoms with E-state index in [0.717, 1.165) is 0 Å². The summed E-state index contributed by atoms with van der Waals surface area (Å²) < 4.78 is 0. The molecule has 0 saturated carbocycles. The summed E-state index contributed by atoms with van der Waals surface area (Å²) in [5.41, 5.74) is 2.78. The van der Waals surface area contributed by atoms with Gasteiger partial charge in [0, 0.05) is 0 Å². The van der Waals surface area contributed by atoms with Crippen molar-refractivity contribution in [2.24, 2.45) is 0 Å². The van der Waals surface area contributed by atoms with E-state index in [1.54, 1.807) is 0 Å². The molecule has 156 valence electrons. The van der Waals surface area contributed by atoms with Crippen LogP contribution in [0.3, 0.4) is 0 Å². The molecule has 4 rings (SSSR count). The normalized spacial score (nSPS) is 11.8. The van der Waals surface area contributed by atoms with E-state index in [1.165, 1.54) is 31.9 Å². The highest BCUT2D eigenvalue weighted by molar-refractivity contribution is 7.19. The van der Waals surface area contributed by atoms with Crippen LogP contribution in [0.2, 0.25) is 0 Å². The molecule has 0 unspecified atom stereocenters. The molecule has 0 spiro atoms. The van der Waals surface area contributed by atoms with Crippen LogP contribution in [0.25, 0.3) is 0 Å². The van der Waals surface area contributed by atoms with Crippen LogP contribution in [-0.2, 0) is 0 Å². The smallest absolute Gasteiger partial charge is 0.0623 e. The molecule has 0 amide bonds. The predicted octanol–water partition coefficient (Wildman–Crippen LogP) is 5.31. The van der Waals surface area contributed by atoms with E-state index < -0.39 is 8.07 Å². The molecule has 0 aliphatic rings. The van der Waals surface area contributed by atoms with Crippen LogP contribution in [0, 0.1) is 0 Å². The average Bonchev–Trinajstić information content (AvgIpc) is 2.82. The highest BCUT2D eigenvalue weighted by Crippen LogP contribution is 2.17. The molecule has 31 heavy (non-hydrogen) atoms.